The van der Waals surface area contributed by atoms with Crippen molar-refractivity contribution in [2.45, 2.75) is 71.3 Å². The van der Waals surface area contributed by atoms with Gasteiger partial charge in [0.1, 0.15) is 11.6 Å². The third kappa shape index (κ3) is 9.78. The van der Waals surface area contributed by atoms with Gasteiger partial charge in [0.05, 0.1) is 12.6 Å². The number of halogens is 3. The van der Waals surface area contributed by atoms with Gasteiger partial charge in [0.15, 0.2) is 0 Å². The number of carbonyl (C=O) groups excluding carboxylic acids is 2. The maximum atomic E-state index is 12.8. The standard InChI is InChI=1S/C21H31F3N2O3/c1-6-14(2)17(19(28)29-20(3,4)5)26-18(27)16(25-13-21(22,23)24)12-15-10-8-7-9-11-15/h7-11,14,16-17,25H,6,12-13H2,1-5H3,(H,26,27)/t14-,16+,17+/m1/s1. The highest BCUT2D eigenvalue weighted by Crippen LogP contribution is 2.16. The summed E-state index contributed by atoms with van der Waals surface area (Å²) >= 11 is 0. The summed E-state index contributed by atoms with van der Waals surface area (Å²) in [6.07, 6.45) is -3.82. The lowest BCUT2D eigenvalue weighted by Gasteiger charge is -2.29. The summed E-state index contributed by atoms with van der Waals surface area (Å²) in [5, 5.41) is 4.87. The number of amides is 1. The number of alkyl halides is 3. The SMILES string of the molecule is CC[C@@H](C)[C@H](NC(=O)[C@H](Cc1ccccc1)NCC(F)(F)F)C(=O)OC(C)(C)C. The number of ether oxygens (including phenoxy) is 1. The second-order valence-electron chi connectivity index (χ2n) is 8.14. The Labute approximate surface area is 170 Å². The van der Waals surface area contributed by atoms with Crippen LogP contribution in [0.4, 0.5) is 13.2 Å². The zero-order valence-electron chi connectivity index (χ0n) is 17.6. The molecule has 0 heterocycles. The number of esters is 1. The van der Waals surface area contributed by atoms with Crippen LogP contribution in [0.15, 0.2) is 30.3 Å². The minimum absolute atomic E-state index is 0.0598. The highest BCUT2D eigenvalue weighted by atomic mass is 19.4. The van der Waals surface area contributed by atoms with E-state index in [9.17, 15) is 22.8 Å². The molecule has 0 spiro atoms. The molecule has 0 unspecified atom stereocenters. The topological polar surface area (TPSA) is 67.4 Å². The molecule has 1 amide bonds. The zero-order valence-corrected chi connectivity index (χ0v) is 17.6. The molecule has 3 atom stereocenters. The van der Waals surface area contributed by atoms with E-state index in [4.69, 9.17) is 4.74 Å². The predicted molar refractivity (Wildman–Crippen MR) is 105 cm³/mol. The molecule has 5 nitrogen and oxygen atoms in total. The number of rotatable bonds is 9. The first-order chi connectivity index (χ1) is 13.3. The molecule has 0 bridgehead atoms. The highest BCUT2D eigenvalue weighted by molar-refractivity contribution is 5.88. The average Bonchev–Trinajstić information content (AvgIpc) is 2.60. The first kappa shape index (κ1) is 24.9. The molecular formula is C21H31F3N2O3. The van der Waals surface area contributed by atoms with Crippen LogP contribution in [0.3, 0.4) is 0 Å². The molecule has 0 saturated carbocycles. The lowest BCUT2D eigenvalue weighted by atomic mass is 9.97. The summed E-state index contributed by atoms with van der Waals surface area (Å²) in [7, 11) is 0. The molecule has 1 aromatic rings. The molecule has 8 heteroatoms. The van der Waals surface area contributed by atoms with Gasteiger partial charge >= 0.3 is 12.1 Å². The Morgan fingerprint density at radius 3 is 2.17 bits per heavy atom. The monoisotopic (exact) mass is 416 g/mol. The van der Waals surface area contributed by atoms with Crippen molar-refractivity contribution in [1.82, 2.24) is 10.6 Å². The summed E-state index contributed by atoms with van der Waals surface area (Å²) in [5.41, 5.74) is -0.0365. The van der Waals surface area contributed by atoms with E-state index >= 15 is 0 Å². The van der Waals surface area contributed by atoms with E-state index in [1.165, 1.54) is 0 Å². The van der Waals surface area contributed by atoms with Crippen LogP contribution in [0, 0.1) is 5.92 Å². The van der Waals surface area contributed by atoms with Crippen LogP contribution in [0.2, 0.25) is 0 Å². The van der Waals surface area contributed by atoms with E-state index in [1.807, 2.05) is 6.92 Å². The van der Waals surface area contributed by atoms with E-state index in [-0.39, 0.29) is 12.3 Å². The van der Waals surface area contributed by atoms with Crippen LogP contribution in [0.1, 0.15) is 46.6 Å². The average molecular weight is 416 g/mol. The Morgan fingerprint density at radius 2 is 1.69 bits per heavy atom. The summed E-state index contributed by atoms with van der Waals surface area (Å²) in [5.74, 6) is -1.52. The maximum absolute atomic E-state index is 12.8. The number of hydrogen-bond acceptors (Lipinski definition) is 4. The maximum Gasteiger partial charge on any atom is 0.401 e. The summed E-state index contributed by atoms with van der Waals surface area (Å²) < 4.78 is 43.5. The van der Waals surface area contributed by atoms with Gasteiger partial charge in [0.25, 0.3) is 0 Å². The molecule has 29 heavy (non-hydrogen) atoms. The number of carbonyl (C=O) groups is 2. The van der Waals surface area contributed by atoms with Gasteiger partial charge < -0.3 is 10.1 Å². The van der Waals surface area contributed by atoms with Crippen LogP contribution in [-0.4, -0.2) is 42.3 Å². The van der Waals surface area contributed by atoms with Crippen molar-refractivity contribution in [2.24, 2.45) is 5.92 Å². The molecular weight excluding hydrogens is 385 g/mol. The van der Waals surface area contributed by atoms with Crippen molar-refractivity contribution in [1.29, 1.82) is 0 Å². The Morgan fingerprint density at radius 1 is 1.10 bits per heavy atom. The van der Waals surface area contributed by atoms with Crippen molar-refractivity contribution in [2.75, 3.05) is 6.54 Å². The zero-order chi connectivity index (χ0) is 22.2. The van der Waals surface area contributed by atoms with E-state index in [0.717, 1.165) is 0 Å². The van der Waals surface area contributed by atoms with Gasteiger partial charge in [-0.3, -0.25) is 10.1 Å². The molecule has 0 aliphatic heterocycles. The van der Waals surface area contributed by atoms with Crippen molar-refractivity contribution < 1.29 is 27.5 Å². The number of nitrogens with one attached hydrogen (secondary N) is 2. The van der Waals surface area contributed by atoms with Crippen LogP contribution in [0.25, 0.3) is 0 Å². The van der Waals surface area contributed by atoms with E-state index < -0.39 is 42.3 Å². The number of benzene rings is 1. The summed E-state index contributed by atoms with van der Waals surface area (Å²) in [6, 6.07) is 6.65. The van der Waals surface area contributed by atoms with Crippen LogP contribution in [-0.2, 0) is 20.7 Å². The first-order valence-corrected chi connectivity index (χ1v) is 9.69. The van der Waals surface area contributed by atoms with Crippen molar-refractivity contribution in [3.05, 3.63) is 35.9 Å². The molecule has 1 rings (SSSR count). The fourth-order valence-corrected chi connectivity index (χ4v) is 2.63. The first-order valence-electron chi connectivity index (χ1n) is 9.69. The fraction of sp³-hybridized carbons (Fsp3) is 0.619. The Kier molecular flexibility index (Phi) is 9.14. The highest BCUT2D eigenvalue weighted by Gasteiger charge is 2.34. The Bertz CT molecular complexity index is 657. The van der Waals surface area contributed by atoms with Gasteiger partial charge in [-0.25, -0.2) is 4.79 Å². The third-order valence-electron chi connectivity index (χ3n) is 4.32. The van der Waals surface area contributed by atoms with Gasteiger partial charge in [-0.1, -0.05) is 50.6 Å². The van der Waals surface area contributed by atoms with Gasteiger partial charge in [-0.05, 0) is 38.7 Å². The molecule has 0 saturated heterocycles. The molecule has 1 aromatic carbocycles. The van der Waals surface area contributed by atoms with Crippen molar-refractivity contribution in [3.8, 4) is 0 Å². The Balaban J connectivity index is 2.99. The van der Waals surface area contributed by atoms with Crippen LogP contribution < -0.4 is 10.6 Å². The van der Waals surface area contributed by atoms with Crippen LogP contribution in [0.5, 0.6) is 0 Å². The fourth-order valence-electron chi connectivity index (χ4n) is 2.63. The Hall–Kier alpha value is -2.09. The molecule has 0 aromatic heterocycles. The molecule has 0 aliphatic rings. The van der Waals surface area contributed by atoms with Gasteiger partial charge in [-0.15, -0.1) is 0 Å². The molecule has 164 valence electrons. The summed E-state index contributed by atoms with van der Waals surface area (Å²) in [6.45, 7) is 7.47. The summed E-state index contributed by atoms with van der Waals surface area (Å²) in [4.78, 5) is 25.4. The minimum atomic E-state index is -4.46. The van der Waals surface area contributed by atoms with Crippen molar-refractivity contribution >= 4 is 11.9 Å². The van der Waals surface area contributed by atoms with Gasteiger partial charge in [0, 0.05) is 0 Å². The second-order valence-corrected chi connectivity index (χ2v) is 8.14. The van der Waals surface area contributed by atoms with E-state index in [0.29, 0.717) is 12.0 Å². The minimum Gasteiger partial charge on any atom is -0.458 e. The number of hydrogen-bond donors (Lipinski definition) is 2. The molecule has 0 radical (unpaired) electrons. The predicted octanol–water partition coefficient (Wildman–Crippen LogP) is 3.62. The molecule has 2 N–H and O–H groups in total. The largest absolute Gasteiger partial charge is 0.458 e. The van der Waals surface area contributed by atoms with Gasteiger partial charge in [0.2, 0.25) is 5.91 Å². The lowest BCUT2D eigenvalue weighted by Crippen LogP contribution is -2.55. The second kappa shape index (κ2) is 10.6. The lowest BCUT2D eigenvalue weighted by molar-refractivity contribution is -0.160. The van der Waals surface area contributed by atoms with E-state index in [2.05, 4.69) is 10.6 Å². The normalized spacial score (nSPS) is 15.3. The molecule has 0 aliphatic carbocycles. The van der Waals surface area contributed by atoms with Gasteiger partial charge in [-0.2, -0.15) is 13.2 Å². The van der Waals surface area contributed by atoms with E-state index in [1.54, 1.807) is 58.0 Å². The molecule has 0 fully saturated rings. The van der Waals surface area contributed by atoms with Crippen LogP contribution >= 0.6 is 0 Å². The quantitative estimate of drug-likeness (QED) is 0.604. The van der Waals surface area contributed by atoms with Crippen molar-refractivity contribution in [3.63, 3.8) is 0 Å². The third-order valence-corrected chi connectivity index (χ3v) is 4.32. The smallest absolute Gasteiger partial charge is 0.401 e.